The maximum Gasteiger partial charge on any atom is 0.129 e. The lowest BCUT2D eigenvalue weighted by Gasteiger charge is -2.25. The Kier molecular flexibility index (Phi) is 4.37. The molecule has 17 heavy (non-hydrogen) atoms. The molecule has 0 radical (unpaired) electrons. The van der Waals surface area contributed by atoms with E-state index in [-0.39, 0.29) is 0 Å². The first kappa shape index (κ1) is 12.8. The Morgan fingerprint density at radius 2 is 2.06 bits per heavy atom. The second kappa shape index (κ2) is 5.80. The first-order chi connectivity index (χ1) is 8.16. The third kappa shape index (κ3) is 3.41. The molecule has 0 aromatic carbocycles. The van der Waals surface area contributed by atoms with Crippen molar-refractivity contribution in [2.45, 2.75) is 25.3 Å². The Labute approximate surface area is 108 Å². The van der Waals surface area contributed by atoms with Crippen LogP contribution in [0.2, 0.25) is 5.15 Å². The largest absolute Gasteiger partial charge is 0.381 e. The van der Waals surface area contributed by atoms with Gasteiger partial charge in [0.1, 0.15) is 5.15 Å². The molecule has 0 N–H and O–H groups in total. The Morgan fingerprint density at radius 3 is 2.71 bits per heavy atom. The molecular weight excluding hydrogens is 236 g/mol. The van der Waals surface area contributed by atoms with Crippen molar-refractivity contribution in [1.29, 1.82) is 0 Å². The van der Waals surface area contributed by atoms with Crippen LogP contribution in [0.15, 0.2) is 12.1 Å². The first-order valence-corrected chi connectivity index (χ1v) is 6.42. The van der Waals surface area contributed by atoms with Crippen LogP contribution in [0, 0.1) is 0 Å². The number of aromatic nitrogens is 1. The van der Waals surface area contributed by atoms with Gasteiger partial charge in [0.25, 0.3) is 0 Å². The number of rotatable bonds is 3. The van der Waals surface area contributed by atoms with Crippen LogP contribution in [-0.4, -0.2) is 37.2 Å². The molecule has 0 spiro atoms. The predicted octanol–water partition coefficient (Wildman–Crippen LogP) is 2.69. The van der Waals surface area contributed by atoms with E-state index in [1.165, 1.54) is 5.56 Å². The summed E-state index contributed by atoms with van der Waals surface area (Å²) in [6.07, 6.45) is 2.17. The van der Waals surface area contributed by atoms with Gasteiger partial charge in [-0.3, -0.25) is 0 Å². The number of nitrogens with zero attached hydrogens (tertiary/aromatic N) is 2. The molecule has 3 nitrogen and oxygen atoms in total. The fourth-order valence-electron chi connectivity index (χ4n) is 2.29. The third-order valence-corrected chi connectivity index (χ3v) is 3.31. The highest BCUT2D eigenvalue weighted by Crippen LogP contribution is 2.29. The zero-order chi connectivity index (χ0) is 12.3. The summed E-state index contributed by atoms with van der Waals surface area (Å²) in [5.41, 5.74) is 2.45. The van der Waals surface area contributed by atoms with Gasteiger partial charge in [0.15, 0.2) is 0 Å². The van der Waals surface area contributed by atoms with Crippen LogP contribution >= 0.6 is 11.6 Å². The van der Waals surface area contributed by atoms with Crippen LogP contribution in [0.1, 0.15) is 30.0 Å². The normalized spacial score (nSPS) is 17.6. The maximum atomic E-state index is 5.98. The van der Waals surface area contributed by atoms with E-state index in [1.54, 1.807) is 0 Å². The number of hydrogen-bond donors (Lipinski definition) is 0. The van der Waals surface area contributed by atoms with Crippen molar-refractivity contribution in [3.8, 4) is 0 Å². The van der Waals surface area contributed by atoms with Crippen LogP contribution in [0.25, 0.3) is 0 Å². The second-order valence-electron chi connectivity index (χ2n) is 4.79. The molecule has 1 aromatic rings. The minimum atomic E-state index is 0.573. The molecule has 0 saturated carbocycles. The van der Waals surface area contributed by atoms with Crippen molar-refractivity contribution < 1.29 is 4.74 Å². The summed E-state index contributed by atoms with van der Waals surface area (Å²) >= 11 is 5.98. The molecule has 1 aromatic heterocycles. The summed E-state index contributed by atoms with van der Waals surface area (Å²) < 4.78 is 5.41. The molecule has 1 aliphatic rings. The SMILES string of the molecule is CN(C)Cc1nc(Cl)ccc1C1CCOCC1. The van der Waals surface area contributed by atoms with Gasteiger partial charge in [0.2, 0.25) is 0 Å². The van der Waals surface area contributed by atoms with Crippen LogP contribution in [0.3, 0.4) is 0 Å². The van der Waals surface area contributed by atoms with Crippen molar-refractivity contribution in [2.24, 2.45) is 0 Å². The fraction of sp³-hybridized carbons (Fsp3) is 0.615. The van der Waals surface area contributed by atoms with E-state index < -0.39 is 0 Å². The molecule has 4 heteroatoms. The summed E-state index contributed by atoms with van der Waals surface area (Å²) in [6.45, 7) is 2.55. The van der Waals surface area contributed by atoms with Gasteiger partial charge in [-0.15, -0.1) is 0 Å². The van der Waals surface area contributed by atoms with Crippen molar-refractivity contribution in [3.05, 3.63) is 28.5 Å². The van der Waals surface area contributed by atoms with Gasteiger partial charge in [-0.1, -0.05) is 17.7 Å². The Hall–Kier alpha value is -0.640. The molecule has 1 saturated heterocycles. The highest BCUT2D eigenvalue weighted by molar-refractivity contribution is 6.29. The Balaban J connectivity index is 2.24. The van der Waals surface area contributed by atoms with E-state index in [9.17, 15) is 0 Å². The lowest BCUT2D eigenvalue weighted by atomic mass is 9.90. The van der Waals surface area contributed by atoms with E-state index >= 15 is 0 Å². The highest BCUT2D eigenvalue weighted by Gasteiger charge is 2.20. The Morgan fingerprint density at radius 1 is 1.35 bits per heavy atom. The van der Waals surface area contributed by atoms with E-state index in [2.05, 4.69) is 30.0 Å². The van der Waals surface area contributed by atoms with E-state index in [0.717, 1.165) is 38.3 Å². The molecule has 0 bridgehead atoms. The zero-order valence-corrected chi connectivity index (χ0v) is 11.2. The predicted molar refractivity (Wildman–Crippen MR) is 69.4 cm³/mol. The second-order valence-corrected chi connectivity index (χ2v) is 5.18. The van der Waals surface area contributed by atoms with Gasteiger partial charge in [-0.05, 0) is 44.5 Å². The smallest absolute Gasteiger partial charge is 0.129 e. The summed E-state index contributed by atoms with van der Waals surface area (Å²) in [6, 6.07) is 4.02. The minimum Gasteiger partial charge on any atom is -0.381 e. The summed E-state index contributed by atoms with van der Waals surface area (Å²) in [5.74, 6) is 0.573. The average molecular weight is 255 g/mol. The monoisotopic (exact) mass is 254 g/mol. The topological polar surface area (TPSA) is 25.4 Å². The van der Waals surface area contributed by atoms with E-state index in [1.807, 2.05) is 6.07 Å². The van der Waals surface area contributed by atoms with Crippen LogP contribution < -0.4 is 0 Å². The molecular formula is C13H19ClN2O. The van der Waals surface area contributed by atoms with E-state index in [4.69, 9.17) is 16.3 Å². The minimum absolute atomic E-state index is 0.573. The van der Waals surface area contributed by atoms with Gasteiger partial charge in [-0.2, -0.15) is 0 Å². The standard InChI is InChI=1S/C13H19ClN2O/c1-16(2)9-12-11(3-4-13(14)15-12)10-5-7-17-8-6-10/h3-4,10H,5-9H2,1-2H3. The van der Waals surface area contributed by atoms with Gasteiger partial charge < -0.3 is 9.64 Å². The first-order valence-electron chi connectivity index (χ1n) is 6.04. The van der Waals surface area contributed by atoms with Crippen molar-refractivity contribution in [2.75, 3.05) is 27.3 Å². The van der Waals surface area contributed by atoms with Gasteiger partial charge in [-0.25, -0.2) is 4.98 Å². The van der Waals surface area contributed by atoms with E-state index in [0.29, 0.717) is 11.1 Å². The van der Waals surface area contributed by atoms with Gasteiger partial charge in [0, 0.05) is 19.8 Å². The number of halogens is 1. The molecule has 2 rings (SSSR count). The molecule has 0 aliphatic carbocycles. The van der Waals surface area contributed by atoms with Gasteiger partial charge >= 0.3 is 0 Å². The quantitative estimate of drug-likeness (QED) is 0.776. The number of ether oxygens (including phenoxy) is 1. The average Bonchev–Trinajstić information content (AvgIpc) is 2.29. The summed E-state index contributed by atoms with van der Waals surface area (Å²) in [7, 11) is 4.10. The summed E-state index contributed by atoms with van der Waals surface area (Å²) in [5, 5.41) is 0.581. The molecule has 2 heterocycles. The van der Waals surface area contributed by atoms with Crippen LogP contribution in [-0.2, 0) is 11.3 Å². The van der Waals surface area contributed by atoms with Crippen molar-refractivity contribution in [1.82, 2.24) is 9.88 Å². The van der Waals surface area contributed by atoms with Crippen LogP contribution in [0.5, 0.6) is 0 Å². The summed E-state index contributed by atoms with van der Waals surface area (Å²) in [4.78, 5) is 6.60. The van der Waals surface area contributed by atoms with Gasteiger partial charge in [0.05, 0.1) is 5.69 Å². The molecule has 1 aliphatic heterocycles. The van der Waals surface area contributed by atoms with Crippen molar-refractivity contribution >= 4 is 11.6 Å². The molecule has 0 atom stereocenters. The number of pyridine rings is 1. The lowest BCUT2D eigenvalue weighted by Crippen LogP contribution is -2.19. The van der Waals surface area contributed by atoms with Crippen molar-refractivity contribution in [3.63, 3.8) is 0 Å². The molecule has 94 valence electrons. The third-order valence-electron chi connectivity index (χ3n) is 3.10. The van der Waals surface area contributed by atoms with Crippen LogP contribution in [0.4, 0.5) is 0 Å². The number of hydrogen-bond acceptors (Lipinski definition) is 3. The zero-order valence-electron chi connectivity index (χ0n) is 10.4. The Bertz CT molecular complexity index is 376. The lowest BCUT2D eigenvalue weighted by molar-refractivity contribution is 0.0849. The molecule has 1 fully saturated rings. The maximum absolute atomic E-state index is 5.98. The highest BCUT2D eigenvalue weighted by atomic mass is 35.5. The fourth-order valence-corrected chi connectivity index (χ4v) is 2.46. The molecule has 0 amide bonds. The molecule has 0 unspecified atom stereocenters.